The fourth-order valence-electron chi connectivity index (χ4n) is 2.51. The standard InChI is InChI=1S/C20H16BNO3/c21-20(16-6-10-18(11-7-16)22(23)24)17-8-12-19(13-9-17)25-14-15-4-2-1-3-5-15/h1-13,20H,14H2. The van der Waals surface area contributed by atoms with E-state index in [9.17, 15) is 10.1 Å². The van der Waals surface area contributed by atoms with Gasteiger partial charge >= 0.3 is 0 Å². The zero-order valence-electron chi connectivity index (χ0n) is 13.5. The number of nitrogens with zero attached hydrogens (tertiary/aromatic N) is 1. The third-order valence-corrected chi connectivity index (χ3v) is 3.95. The van der Waals surface area contributed by atoms with Gasteiger partial charge in [-0.05, 0) is 34.6 Å². The molecule has 0 aliphatic rings. The van der Waals surface area contributed by atoms with E-state index in [0.29, 0.717) is 6.61 Å². The molecule has 0 amide bonds. The minimum Gasteiger partial charge on any atom is -0.489 e. The van der Waals surface area contributed by atoms with Crippen LogP contribution in [0.1, 0.15) is 22.5 Å². The van der Waals surface area contributed by atoms with Gasteiger partial charge < -0.3 is 4.74 Å². The van der Waals surface area contributed by atoms with E-state index >= 15 is 0 Å². The molecule has 0 aliphatic carbocycles. The van der Waals surface area contributed by atoms with Gasteiger partial charge in [0.25, 0.3) is 5.69 Å². The van der Waals surface area contributed by atoms with Gasteiger partial charge in [-0.3, -0.25) is 10.1 Å². The van der Waals surface area contributed by atoms with Crippen LogP contribution in [0.15, 0.2) is 78.9 Å². The van der Waals surface area contributed by atoms with Gasteiger partial charge in [0.2, 0.25) is 0 Å². The van der Waals surface area contributed by atoms with Crippen molar-refractivity contribution in [2.75, 3.05) is 0 Å². The predicted octanol–water partition coefficient (Wildman–Crippen LogP) is 4.43. The molecule has 0 fully saturated rings. The van der Waals surface area contributed by atoms with Crippen molar-refractivity contribution >= 4 is 13.5 Å². The number of non-ortho nitro benzene ring substituents is 1. The Balaban J connectivity index is 1.65. The quantitative estimate of drug-likeness (QED) is 0.382. The summed E-state index contributed by atoms with van der Waals surface area (Å²) in [4.78, 5) is 10.3. The molecule has 1 unspecified atom stereocenters. The highest BCUT2D eigenvalue weighted by atomic mass is 16.6. The second-order valence-corrected chi connectivity index (χ2v) is 5.67. The molecule has 3 aromatic rings. The highest BCUT2D eigenvalue weighted by Gasteiger charge is 2.11. The number of hydrogen-bond donors (Lipinski definition) is 0. The van der Waals surface area contributed by atoms with E-state index in [0.717, 1.165) is 22.4 Å². The highest BCUT2D eigenvalue weighted by Crippen LogP contribution is 2.25. The molecule has 3 aromatic carbocycles. The molecular weight excluding hydrogens is 313 g/mol. The van der Waals surface area contributed by atoms with Crippen LogP contribution in [-0.4, -0.2) is 12.8 Å². The van der Waals surface area contributed by atoms with Gasteiger partial charge in [-0.25, -0.2) is 0 Å². The van der Waals surface area contributed by atoms with Crippen molar-refractivity contribution in [2.24, 2.45) is 0 Å². The van der Waals surface area contributed by atoms with Crippen molar-refractivity contribution in [2.45, 2.75) is 12.4 Å². The number of rotatable bonds is 6. The summed E-state index contributed by atoms with van der Waals surface area (Å²) in [5, 5.41) is 10.7. The van der Waals surface area contributed by atoms with Crippen LogP contribution in [0.3, 0.4) is 0 Å². The number of nitro benzene ring substituents is 1. The molecule has 2 radical (unpaired) electrons. The Morgan fingerprint density at radius 2 is 1.44 bits per heavy atom. The van der Waals surface area contributed by atoms with E-state index in [4.69, 9.17) is 12.6 Å². The van der Waals surface area contributed by atoms with Crippen molar-refractivity contribution in [3.05, 3.63) is 106 Å². The Morgan fingerprint density at radius 1 is 0.880 bits per heavy atom. The van der Waals surface area contributed by atoms with E-state index in [-0.39, 0.29) is 11.5 Å². The maximum Gasteiger partial charge on any atom is 0.269 e. The van der Waals surface area contributed by atoms with E-state index in [1.807, 2.05) is 54.6 Å². The Morgan fingerprint density at radius 3 is 2.00 bits per heavy atom. The van der Waals surface area contributed by atoms with Gasteiger partial charge in [0, 0.05) is 12.1 Å². The van der Waals surface area contributed by atoms with E-state index in [1.54, 1.807) is 12.1 Å². The largest absolute Gasteiger partial charge is 0.489 e. The molecule has 0 N–H and O–H groups in total. The minimum atomic E-state index is -0.422. The molecule has 3 rings (SSSR count). The molecule has 5 heteroatoms. The number of nitro groups is 1. The average molecular weight is 329 g/mol. The first-order valence-corrected chi connectivity index (χ1v) is 7.90. The summed E-state index contributed by atoms with van der Waals surface area (Å²) in [6, 6.07) is 23.8. The third kappa shape index (κ3) is 4.26. The second-order valence-electron chi connectivity index (χ2n) is 5.67. The first kappa shape index (κ1) is 16.8. The second kappa shape index (κ2) is 7.66. The lowest BCUT2D eigenvalue weighted by atomic mass is 9.76. The summed E-state index contributed by atoms with van der Waals surface area (Å²) in [5.74, 6) is 0.424. The fraction of sp³-hybridized carbons (Fsp3) is 0.100. The summed E-state index contributed by atoms with van der Waals surface area (Å²) in [6.45, 7) is 0.509. The van der Waals surface area contributed by atoms with Gasteiger partial charge in [0.15, 0.2) is 0 Å². The molecule has 25 heavy (non-hydrogen) atoms. The molecule has 0 saturated carbocycles. The molecular formula is C20H16BNO3. The lowest BCUT2D eigenvalue weighted by Crippen LogP contribution is -2.01. The third-order valence-electron chi connectivity index (χ3n) is 3.95. The van der Waals surface area contributed by atoms with Crippen LogP contribution in [0.4, 0.5) is 5.69 Å². The molecule has 0 bridgehead atoms. The molecule has 4 nitrogen and oxygen atoms in total. The van der Waals surface area contributed by atoms with E-state index in [2.05, 4.69) is 0 Å². The van der Waals surface area contributed by atoms with Crippen LogP contribution in [-0.2, 0) is 6.61 Å². The molecule has 1 atom stereocenters. The summed E-state index contributed by atoms with van der Waals surface area (Å²) >= 11 is 0. The van der Waals surface area contributed by atoms with E-state index in [1.165, 1.54) is 12.1 Å². The van der Waals surface area contributed by atoms with Gasteiger partial charge in [-0.1, -0.05) is 54.6 Å². The smallest absolute Gasteiger partial charge is 0.269 e. The summed E-state index contributed by atoms with van der Waals surface area (Å²) in [6.07, 6.45) is 0. The van der Waals surface area contributed by atoms with Crippen LogP contribution in [0, 0.1) is 10.1 Å². The predicted molar refractivity (Wildman–Crippen MR) is 97.9 cm³/mol. The maximum atomic E-state index is 10.7. The van der Waals surface area contributed by atoms with Gasteiger partial charge in [0.05, 0.1) is 12.8 Å². The number of hydrogen-bond acceptors (Lipinski definition) is 3. The average Bonchev–Trinajstić information content (AvgIpc) is 2.67. The van der Waals surface area contributed by atoms with Crippen molar-refractivity contribution in [1.82, 2.24) is 0 Å². The number of benzene rings is 3. The maximum absolute atomic E-state index is 10.7. The molecule has 0 heterocycles. The Kier molecular flexibility index (Phi) is 5.14. The van der Waals surface area contributed by atoms with Crippen molar-refractivity contribution in [1.29, 1.82) is 0 Å². The lowest BCUT2D eigenvalue weighted by molar-refractivity contribution is -0.384. The molecule has 0 aliphatic heterocycles. The lowest BCUT2D eigenvalue weighted by Gasteiger charge is -2.14. The Bertz CT molecular complexity index is 833. The van der Waals surface area contributed by atoms with Crippen LogP contribution >= 0.6 is 0 Å². The van der Waals surface area contributed by atoms with Crippen molar-refractivity contribution < 1.29 is 9.66 Å². The zero-order valence-corrected chi connectivity index (χ0v) is 13.5. The zero-order chi connectivity index (χ0) is 17.6. The monoisotopic (exact) mass is 329 g/mol. The minimum absolute atomic E-state index is 0.0561. The van der Waals surface area contributed by atoms with Crippen LogP contribution < -0.4 is 4.74 Å². The van der Waals surface area contributed by atoms with Crippen molar-refractivity contribution in [3.63, 3.8) is 0 Å². The molecule has 122 valence electrons. The normalized spacial score (nSPS) is 11.7. The molecule has 0 saturated heterocycles. The van der Waals surface area contributed by atoms with Gasteiger partial charge in [-0.2, -0.15) is 0 Å². The van der Waals surface area contributed by atoms with E-state index < -0.39 is 4.92 Å². The number of ether oxygens (including phenoxy) is 1. The van der Waals surface area contributed by atoms with Gasteiger partial charge in [-0.15, -0.1) is 0 Å². The summed E-state index contributed by atoms with van der Waals surface area (Å²) in [7, 11) is 6.25. The van der Waals surface area contributed by atoms with Crippen LogP contribution in [0.2, 0.25) is 0 Å². The first-order valence-electron chi connectivity index (χ1n) is 7.90. The topological polar surface area (TPSA) is 52.4 Å². The van der Waals surface area contributed by atoms with Gasteiger partial charge in [0.1, 0.15) is 12.4 Å². The SMILES string of the molecule is [B]C(c1ccc(OCc2ccccc2)cc1)c1ccc([N+](=O)[O-])cc1. The van der Waals surface area contributed by atoms with Crippen LogP contribution in [0.25, 0.3) is 0 Å². The molecule has 0 spiro atoms. The Labute approximate surface area is 147 Å². The van der Waals surface area contributed by atoms with Crippen molar-refractivity contribution in [3.8, 4) is 5.75 Å². The van der Waals surface area contributed by atoms with Crippen LogP contribution in [0.5, 0.6) is 5.75 Å². The summed E-state index contributed by atoms with van der Waals surface area (Å²) in [5.41, 5.74) is 2.90. The Hall–Kier alpha value is -3.08. The first-order chi connectivity index (χ1) is 12.1. The highest BCUT2D eigenvalue weighted by molar-refractivity contribution is 6.14. The summed E-state index contributed by atoms with van der Waals surface area (Å²) < 4.78 is 5.76. The molecule has 0 aromatic heterocycles. The fourth-order valence-corrected chi connectivity index (χ4v) is 2.51.